The zero-order valence-electron chi connectivity index (χ0n) is 11.2. The molecule has 1 amide bonds. The van der Waals surface area contributed by atoms with Crippen LogP contribution in [0.25, 0.3) is 0 Å². The van der Waals surface area contributed by atoms with E-state index in [9.17, 15) is 4.79 Å². The van der Waals surface area contributed by atoms with Crippen LogP contribution < -0.4 is 15.4 Å². The third kappa shape index (κ3) is 2.30. The molecule has 0 atom stereocenters. The first-order chi connectivity index (χ1) is 9.01. The number of anilines is 1. The summed E-state index contributed by atoms with van der Waals surface area (Å²) >= 11 is 5.08. The van der Waals surface area contributed by atoms with Gasteiger partial charge in [-0.3, -0.25) is 4.79 Å². The largest absolute Gasteiger partial charge is 0.497 e. The number of hydrogen-bond donors (Lipinski definition) is 1. The Bertz CT molecular complexity index is 495. The van der Waals surface area contributed by atoms with Gasteiger partial charge in [-0.15, -0.1) is 0 Å². The molecular formula is C14H18N2O2S. The van der Waals surface area contributed by atoms with Crippen LogP contribution in [-0.4, -0.2) is 25.1 Å². The predicted molar refractivity (Wildman–Crippen MR) is 79.5 cm³/mol. The van der Waals surface area contributed by atoms with Crippen LogP contribution in [0.2, 0.25) is 0 Å². The normalized spacial score (nSPS) is 16.3. The van der Waals surface area contributed by atoms with Crippen molar-refractivity contribution in [2.45, 2.75) is 19.3 Å². The fourth-order valence-corrected chi connectivity index (χ4v) is 2.63. The average Bonchev–Trinajstić information content (AvgIpc) is 2.36. The molecule has 0 radical (unpaired) electrons. The lowest BCUT2D eigenvalue weighted by molar-refractivity contribution is -0.127. The Hall–Kier alpha value is -1.62. The number of hydrogen-bond acceptors (Lipinski definition) is 3. The molecule has 0 unspecified atom stereocenters. The van der Waals surface area contributed by atoms with Crippen LogP contribution >= 0.6 is 12.2 Å². The number of nitrogens with two attached hydrogens (primary N) is 1. The Labute approximate surface area is 118 Å². The molecule has 102 valence electrons. The molecule has 0 aromatic heterocycles. The van der Waals surface area contributed by atoms with Crippen LogP contribution in [0, 0.1) is 5.41 Å². The highest BCUT2D eigenvalue weighted by Crippen LogP contribution is 2.43. The van der Waals surface area contributed by atoms with Gasteiger partial charge in [0.15, 0.2) is 0 Å². The van der Waals surface area contributed by atoms with Gasteiger partial charge in [-0.05, 0) is 37.1 Å². The Morgan fingerprint density at radius 2 is 1.95 bits per heavy atom. The second-order valence-corrected chi connectivity index (χ2v) is 5.30. The van der Waals surface area contributed by atoms with E-state index < -0.39 is 5.41 Å². The summed E-state index contributed by atoms with van der Waals surface area (Å²) in [5.74, 6) is 0.744. The van der Waals surface area contributed by atoms with E-state index in [1.807, 2.05) is 24.3 Å². The van der Waals surface area contributed by atoms with Gasteiger partial charge in [0.25, 0.3) is 0 Å². The molecule has 5 heteroatoms. The maximum atomic E-state index is 12.6. The van der Waals surface area contributed by atoms with E-state index in [-0.39, 0.29) is 5.91 Å². The third-order valence-electron chi connectivity index (χ3n) is 3.85. The van der Waals surface area contributed by atoms with Gasteiger partial charge in [-0.1, -0.05) is 18.6 Å². The summed E-state index contributed by atoms with van der Waals surface area (Å²) < 4.78 is 5.10. The highest BCUT2D eigenvalue weighted by molar-refractivity contribution is 7.80. The van der Waals surface area contributed by atoms with E-state index in [0.29, 0.717) is 4.99 Å². The lowest BCUT2D eigenvalue weighted by Crippen LogP contribution is -2.53. The van der Waals surface area contributed by atoms with Crippen molar-refractivity contribution in [1.82, 2.24) is 0 Å². The summed E-state index contributed by atoms with van der Waals surface area (Å²) in [6, 6.07) is 7.35. The molecule has 1 fully saturated rings. The number of methoxy groups -OCH3 is 1. The van der Waals surface area contributed by atoms with E-state index in [1.54, 1.807) is 19.1 Å². The zero-order valence-corrected chi connectivity index (χ0v) is 12.0. The minimum atomic E-state index is -0.635. The fraction of sp³-hybridized carbons (Fsp3) is 0.429. The van der Waals surface area contributed by atoms with Crippen LogP contribution in [0.3, 0.4) is 0 Å². The summed E-state index contributed by atoms with van der Waals surface area (Å²) in [6.07, 6.45) is 2.50. The van der Waals surface area contributed by atoms with Crippen molar-refractivity contribution in [2.75, 3.05) is 19.1 Å². The second-order valence-electron chi connectivity index (χ2n) is 4.86. The van der Waals surface area contributed by atoms with E-state index in [1.165, 1.54) is 0 Å². The van der Waals surface area contributed by atoms with Crippen LogP contribution in [-0.2, 0) is 4.79 Å². The molecule has 1 aliphatic carbocycles. The van der Waals surface area contributed by atoms with Crippen LogP contribution in [0.15, 0.2) is 24.3 Å². The molecule has 0 heterocycles. The summed E-state index contributed by atoms with van der Waals surface area (Å²) in [7, 11) is 3.36. The smallest absolute Gasteiger partial charge is 0.239 e. The summed E-state index contributed by atoms with van der Waals surface area (Å²) in [5.41, 5.74) is 5.94. The van der Waals surface area contributed by atoms with Gasteiger partial charge < -0.3 is 15.4 Å². The summed E-state index contributed by atoms with van der Waals surface area (Å²) in [6.45, 7) is 0. The van der Waals surface area contributed by atoms with Gasteiger partial charge in [0.1, 0.15) is 5.75 Å². The maximum absolute atomic E-state index is 12.6. The van der Waals surface area contributed by atoms with Crippen molar-refractivity contribution < 1.29 is 9.53 Å². The van der Waals surface area contributed by atoms with Gasteiger partial charge in [0, 0.05) is 12.7 Å². The second kappa shape index (κ2) is 5.17. The van der Waals surface area contributed by atoms with Crippen LogP contribution in [0.5, 0.6) is 5.75 Å². The zero-order chi connectivity index (χ0) is 14.0. The van der Waals surface area contributed by atoms with Crippen molar-refractivity contribution in [3.05, 3.63) is 24.3 Å². The van der Waals surface area contributed by atoms with Gasteiger partial charge in [0.05, 0.1) is 17.5 Å². The molecule has 0 aliphatic heterocycles. The minimum absolute atomic E-state index is 0.0172. The van der Waals surface area contributed by atoms with Crippen LogP contribution in [0.4, 0.5) is 5.69 Å². The maximum Gasteiger partial charge on any atom is 0.239 e. The van der Waals surface area contributed by atoms with E-state index in [0.717, 1.165) is 30.7 Å². The lowest BCUT2D eigenvalue weighted by Gasteiger charge is -2.41. The summed E-state index contributed by atoms with van der Waals surface area (Å²) in [5, 5.41) is 0. The van der Waals surface area contributed by atoms with Gasteiger partial charge in [-0.25, -0.2) is 0 Å². The number of ether oxygens (including phenoxy) is 1. The number of benzene rings is 1. The fourth-order valence-electron chi connectivity index (χ4n) is 2.34. The molecule has 1 aliphatic rings. The number of rotatable bonds is 4. The van der Waals surface area contributed by atoms with Crippen molar-refractivity contribution in [3.8, 4) is 5.75 Å². The van der Waals surface area contributed by atoms with E-state index in [4.69, 9.17) is 22.7 Å². The Morgan fingerprint density at radius 3 is 2.32 bits per heavy atom. The SMILES string of the molecule is COc1ccc(N(C)C(=O)C2(C(N)=S)CCC2)cc1. The lowest BCUT2D eigenvalue weighted by atomic mass is 9.67. The molecule has 2 rings (SSSR count). The molecule has 0 spiro atoms. The quantitative estimate of drug-likeness (QED) is 0.857. The first kappa shape index (κ1) is 13.8. The Morgan fingerprint density at radius 1 is 1.37 bits per heavy atom. The highest BCUT2D eigenvalue weighted by Gasteiger charge is 2.48. The monoisotopic (exact) mass is 278 g/mol. The highest BCUT2D eigenvalue weighted by atomic mass is 32.1. The van der Waals surface area contributed by atoms with Crippen molar-refractivity contribution in [1.29, 1.82) is 0 Å². The first-order valence-corrected chi connectivity index (χ1v) is 6.64. The number of thiocarbonyl (C=S) groups is 1. The number of carbonyl (C=O) groups excluding carboxylic acids is 1. The minimum Gasteiger partial charge on any atom is -0.497 e. The average molecular weight is 278 g/mol. The standard InChI is InChI=1S/C14H18N2O2S/c1-16(10-4-6-11(18-2)7-5-10)13(17)14(12(15)19)8-3-9-14/h4-7H,3,8-9H2,1-2H3,(H2,15,19). The Kier molecular flexibility index (Phi) is 3.75. The van der Waals surface area contributed by atoms with E-state index in [2.05, 4.69) is 0 Å². The number of amides is 1. The molecule has 1 aromatic rings. The van der Waals surface area contributed by atoms with Gasteiger partial charge >= 0.3 is 0 Å². The molecule has 2 N–H and O–H groups in total. The van der Waals surface area contributed by atoms with Crippen LogP contribution in [0.1, 0.15) is 19.3 Å². The summed E-state index contributed by atoms with van der Waals surface area (Å²) in [4.78, 5) is 14.5. The van der Waals surface area contributed by atoms with Gasteiger partial charge in [-0.2, -0.15) is 0 Å². The topological polar surface area (TPSA) is 55.6 Å². The molecule has 1 aromatic carbocycles. The molecule has 19 heavy (non-hydrogen) atoms. The number of nitrogens with zero attached hydrogens (tertiary/aromatic N) is 1. The molecule has 4 nitrogen and oxygen atoms in total. The molecule has 0 saturated heterocycles. The first-order valence-electron chi connectivity index (χ1n) is 6.23. The molecular weight excluding hydrogens is 260 g/mol. The number of carbonyl (C=O) groups is 1. The van der Waals surface area contributed by atoms with Crippen molar-refractivity contribution in [2.24, 2.45) is 11.1 Å². The Balaban J connectivity index is 2.20. The van der Waals surface area contributed by atoms with E-state index >= 15 is 0 Å². The molecule has 1 saturated carbocycles. The van der Waals surface area contributed by atoms with Crippen molar-refractivity contribution in [3.63, 3.8) is 0 Å². The predicted octanol–water partition coefficient (Wildman–Crippen LogP) is 2.11. The van der Waals surface area contributed by atoms with Crippen molar-refractivity contribution >= 4 is 28.8 Å². The third-order valence-corrected chi connectivity index (χ3v) is 4.24. The molecule has 0 bridgehead atoms. The van der Waals surface area contributed by atoms with Gasteiger partial charge in [0.2, 0.25) is 5.91 Å².